The molecular formula is C7H16O4. The Balaban J connectivity index is 3.44. The molecule has 0 spiro atoms. The van der Waals surface area contributed by atoms with Gasteiger partial charge in [0.05, 0.1) is 0 Å². The van der Waals surface area contributed by atoms with E-state index in [1.807, 2.05) is 6.92 Å². The molecule has 1 unspecified atom stereocenters. The molecule has 0 radical (unpaired) electrons. The summed E-state index contributed by atoms with van der Waals surface area (Å²) in [6.45, 7) is 2.00. The van der Waals surface area contributed by atoms with Crippen molar-refractivity contribution in [2.24, 2.45) is 0 Å². The molecule has 4 heteroatoms. The Kier molecular flexibility index (Phi) is 4.60. The van der Waals surface area contributed by atoms with Gasteiger partial charge in [-0.15, -0.1) is 0 Å². The maximum Gasteiger partial charge on any atom is 0.302 e. The van der Waals surface area contributed by atoms with Gasteiger partial charge >= 0.3 is 5.97 Å². The first kappa shape index (κ1) is 10.8. The van der Waals surface area contributed by atoms with Crippen LogP contribution in [0.4, 0.5) is 0 Å². The third-order valence-corrected chi connectivity index (χ3v) is 1.53. The first-order chi connectivity index (χ1) is 4.98. The number of hydrogen-bond acceptors (Lipinski definition) is 4. The number of unbranched alkanes of at least 4 members (excludes halogenated alkanes) is 2. The number of aliphatic hydroxyl groups is 4. The van der Waals surface area contributed by atoms with Crippen molar-refractivity contribution < 1.29 is 20.4 Å². The third kappa shape index (κ3) is 5.15. The first-order valence-electron chi connectivity index (χ1n) is 3.83. The van der Waals surface area contributed by atoms with Crippen molar-refractivity contribution in [1.29, 1.82) is 0 Å². The molecule has 68 valence electrons. The highest BCUT2D eigenvalue weighted by atomic mass is 16.7. The molecule has 0 amide bonds. The second-order valence-electron chi connectivity index (χ2n) is 2.70. The SMILES string of the molecule is CCCCCC(O)C(O)(O)O. The van der Waals surface area contributed by atoms with E-state index in [0.717, 1.165) is 12.8 Å². The van der Waals surface area contributed by atoms with E-state index in [-0.39, 0.29) is 6.42 Å². The minimum Gasteiger partial charge on any atom is -0.385 e. The molecule has 0 aromatic carbocycles. The highest BCUT2D eigenvalue weighted by molar-refractivity contribution is 4.62. The zero-order valence-electron chi connectivity index (χ0n) is 6.69. The summed E-state index contributed by atoms with van der Waals surface area (Å²) in [5, 5.41) is 34.2. The van der Waals surface area contributed by atoms with E-state index in [1.165, 1.54) is 0 Å². The van der Waals surface area contributed by atoms with Crippen LogP contribution in [-0.2, 0) is 0 Å². The van der Waals surface area contributed by atoms with Crippen LogP contribution in [0.2, 0.25) is 0 Å². The molecule has 0 rings (SSSR count). The molecule has 0 saturated carbocycles. The fourth-order valence-corrected chi connectivity index (χ4v) is 0.781. The lowest BCUT2D eigenvalue weighted by Crippen LogP contribution is -2.41. The smallest absolute Gasteiger partial charge is 0.302 e. The van der Waals surface area contributed by atoms with Gasteiger partial charge in [-0.2, -0.15) is 0 Å². The second kappa shape index (κ2) is 4.66. The van der Waals surface area contributed by atoms with Crippen molar-refractivity contribution in [1.82, 2.24) is 0 Å². The molecule has 0 bridgehead atoms. The van der Waals surface area contributed by atoms with Crippen LogP contribution in [0, 0.1) is 0 Å². The topological polar surface area (TPSA) is 80.9 Å². The van der Waals surface area contributed by atoms with Crippen LogP contribution in [0.3, 0.4) is 0 Å². The third-order valence-electron chi connectivity index (χ3n) is 1.53. The van der Waals surface area contributed by atoms with Gasteiger partial charge in [0.2, 0.25) is 0 Å². The summed E-state index contributed by atoms with van der Waals surface area (Å²) in [6.07, 6.45) is 1.32. The summed E-state index contributed by atoms with van der Waals surface area (Å²) in [4.78, 5) is 0. The van der Waals surface area contributed by atoms with Gasteiger partial charge in [-0.05, 0) is 6.42 Å². The quantitative estimate of drug-likeness (QED) is 0.328. The van der Waals surface area contributed by atoms with E-state index in [0.29, 0.717) is 6.42 Å². The normalized spacial score (nSPS) is 15.0. The van der Waals surface area contributed by atoms with Crippen LogP contribution in [0.25, 0.3) is 0 Å². The van der Waals surface area contributed by atoms with Crippen LogP contribution in [0.5, 0.6) is 0 Å². The predicted molar refractivity (Wildman–Crippen MR) is 39.5 cm³/mol. The summed E-state index contributed by atoms with van der Waals surface area (Å²) in [7, 11) is 0. The van der Waals surface area contributed by atoms with Gasteiger partial charge < -0.3 is 20.4 Å². The van der Waals surface area contributed by atoms with Crippen molar-refractivity contribution in [2.45, 2.75) is 44.7 Å². The van der Waals surface area contributed by atoms with Crippen LogP contribution in [0.1, 0.15) is 32.6 Å². The van der Waals surface area contributed by atoms with E-state index in [2.05, 4.69) is 0 Å². The molecule has 11 heavy (non-hydrogen) atoms. The van der Waals surface area contributed by atoms with Crippen molar-refractivity contribution in [3.8, 4) is 0 Å². The average Bonchev–Trinajstić information content (AvgIpc) is 1.86. The largest absolute Gasteiger partial charge is 0.385 e. The Bertz CT molecular complexity index is 97.1. The molecule has 0 aliphatic heterocycles. The highest BCUT2D eigenvalue weighted by Crippen LogP contribution is 2.10. The van der Waals surface area contributed by atoms with Gasteiger partial charge in [0.1, 0.15) is 6.10 Å². The standard InChI is InChI=1S/C7H16O4/c1-2-3-4-5-6(8)7(9,10)11/h6,8-11H,2-5H2,1H3. The minimum atomic E-state index is -2.94. The summed E-state index contributed by atoms with van der Waals surface area (Å²) >= 11 is 0. The lowest BCUT2D eigenvalue weighted by Gasteiger charge is -2.20. The molecule has 0 aromatic rings. The molecule has 0 fully saturated rings. The number of hydrogen-bond donors (Lipinski definition) is 4. The van der Waals surface area contributed by atoms with Gasteiger partial charge in [0.25, 0.3) is 0 Å². The number of aliphatic hydroxyl groups excluding tert-OH is 1. The van der Waals surface area contributed by atoms with E-state index >= 15 is 0 Å². The van der Waals surface area contributed by atoms with Gasteiger partial charge in [0.15, 0.2) is 0 Å². The summed E-state index contributed by atoms with van der Waals surface area (Å²) in [6, 6.07) is 0. The molecule has 0 heterocycles. The molecule has 4 nitrogen and oxygen atoms in total. The molecule has 0 saturated heterocycles. The van der Waals surface area contributed by atoms with Crippen LogP contribution in [-0.4, -0.2) is 32.5 Å². The predicted octanol–water partition coefficient (Wildman–Crippen LogP) is -0.442. The van der Waals surface area contributed by atoms with Crippen molar-refractivity contribution in [3.63, 3.8) is 0 Å². The highest BCUT2D eigenvalue weighted by Gasteiger charge is 2.29. The number of rotatable bonds is 5. The molecule has 0 aliphatic rings. The Labute approximate surface area is 66.1 Å². The molecular weight excluding hydrogens is 148 g/mol. The maximum absolute atomic E-state index is 8.86. The van der Waals surface area contributed by atoms with Gasteiger partial charge in [-0.25, -0.2) is 0 Å². The Morgan fingerprint density at radius 3 is 2.09 bits per heavy atom. The van der Waals surface area contributed by atoms with E-state index in [4.69, 9.17) is 20.4 Å². The zero-order chi connectivity index (χ0) is 8.91. The Hall–Kier alpha value is -0.160. The molecule has 0 aromatic heterocycles. The van der Waals surface area contributed by atoms with E-state index in [9.17, 15) is 0 Å². The van der Waals surface area contributed by atoms with Gasteiger partial charge in [-0.1, -0.05) is 26.2 Å². The van der Waals surface area contributed by atoms with Crippen molar-refractivity contribution >= 4 is 0 Å². The summed E-state index contributed by atoms with van der Waals surface area (Å²) < 4.78 is 0. The lowest BCUT2D eigenvalue weighted by atomic mass is 10.1. The van der Waals surface area contributed by atoms with E-state index in [1.54, 1.807) is 0 Å². The lowest BCUT2D eigenvalue weighted by molar-refractivity contribution is -0.355. The van der Waals surface area contributed by atoms with Gasteiger partial charge in [0, 0.05) is 0 Å². The second-order valence-corrected chi connectivity index (χ2v) is 2.70. The first-order valence-corrected chi connectivity index (χ1v) is 3.83. The zero-order valence-corrected chi connectivity index (χ0v) is 6.69. The summed E-state index contributed by atoms with van der Waals surface area (Å²) in [5.41, 5.74) is 0. The molecule has 4 N–H and O–H groups in total. The average molecular weight is 164 g/mol. The van der Waals surface area contributed by atoms with Crippen LogP contribution < -0.4 is 0 Å². The van der Waals surface area contributed by atoms with Crippen molar-refractivity contribution in [2.75, 3.05) is 0 Å². The Morgan fingerprint density at radius 2 is 1.73 bits per heavy atom. The monoisotopic (exact) mass is 164 g/mol. The molecule has 1 atom stereocenters. The summed E-state index contributed by atoms with van der Waals surface area (Å²) in [5.74, 6) is -2.94. The fourth-order valence-electron chi connectivity index (χ4n) is 0.781. The molecule has 0 aliphatic carbocycles. The minimum absolute atomic E-state index is 0.206. The van der Waals surface area contributed by atoms with Crippen molar-refractivity contribution in [3.05, 3.63) is 0 Å². The van der Waals surface area contributed by atoms with E-state index < -0.39 is 12.1 Å². The Morgan fingerprint density at radius 1 is 1.18 bits per heavy atom. The van der Waals surface area contributed by atoms with Crippen LogP contribution in [0.15, 0.2) is 0 Å². The maximum atomic E-state index is 8.86. The van der Waals surface area contributed by atoms with Crippen LogP contribution >= 0.6 is 0 Å². The fraction of sp³-hybridized carbons (Fsp3) is 1.00. The van der Waals surface area contributed by atoms with Gasteiger partial charge in [-0.3, -0.25) is 0 Å².